The van der Waals surface area contributed by atoms with Crippen molar-refractivity contribution in [2.24, 2.45) is 0 Å². The monoisotopic (exact) mass is 318 g/mol. The zero-order valence-corrected chi connectivity index (χ0v) is 13.5. The van der Waals surface area contributed by atoms with Crippen molar-refractivity contribution in [1.82, 2.24) is 9.97 Å². The topological polar surface area (TPSA) is 76.1 Å². The van der Waals surface area contributed by atoms with Crippen molar-refractivity contribution in [3.63, 3.8) is 0 Å². The molecular weight excluding hydrogens is 299 g/mol. The zero-order valence-electron chi connectivity index (χ0n) is 13.5. The van der Waals surface area contributed by atoms with E-state index < -0.39 is 17.5 Å². The number of halogens is 1. The fourth-order valence-electron chi connectivity index (χ4n) is 1.78. The number of amides is 1. The predicted molar refractivity (Wildman–Crippen MR) is 86.3 cm³/mol. The van der Waals surface area contributed by atoms with Crippen molar-refractivity contribution in [2.45, 2.75) is 33.3 Å². The highest BCUT2D eigenvalue weighted by molar-refractivity contribution is 5.85. The summed E-state index contributed by atoms with van der Waals surface area (Å²) in [4.78, 5) is 19.5. The van der Waals surface area contributed by atoms with Crippen LogP contribution in [0.3, 0.4) is 0 Å². The van der Waals surface area contributed by atoms with E-state index in [1.54, 1.807) is 52.0 Å². The zero-order chi connectivity index (χ0) is 17.0. The van der Waals surface area contributed by atoms with Gasteiger partial charge in [0.05, 0.1) is 6.20 Å². The number of anilines is 3. The fraction of sp³-hybridized carbons (Fsp3) is 0.312. The second-order valence-corrected chi connectivity index (χ2v) is 5.95. The highest BCUT2D eigenvalue weighted by atomic mass is 19.1. The molecule has 0 atom stereocenters. The molecule has 6 nitrogen and oxygen atoms in total. The van der Waals surface area contributed by atoms with E-state index >= 15 is 0 Å². The van der Waals surface area contributed by atoms with E-state index in [2.05, 4.69) is 20.6 Å². The molecule has 0 saturated heterocycles. The first kappa shape index (κ1) is 16.7. The molecule has 2 aromatic rings. The first-order chi connectivity index (χ1) is 10.7. The summed E-state index contributed by atoms with van der Waals surface area (Å²) in [5, 5.41) is 5.48. The molecule has 0 radical (unpaired) electrons. The van der Waals surface area contributed by atoms with Gasteiger partial charge in [-0.3, -0.25) is 5.32 Å². The average molecular weight is 318 g/mol. The number of hydrogen-bond acceptors (Lipinski definition) is 5. The van der Waals surface area contributed by atoms with E-state index in [-0.39, 0.29) is 5.82 Å². The maximum Gasteiger partial charge on any atom is 0.412 e. The minimum Gasteiger partial charge on any atom is -0.444 e. The number of hydrogen-bond donors (Lipinski definition) is 2. The summed E-state index contributed by atoms with van der Waals surface area (Å²) in [6.07, 6.45) is 0.548. The van der Waals surface area contributed by atoms with Crippen LogP contribution in [-0.2, 0) is 4.74 Å². The number of nitrogens with zero attached hydrogens (tertiary/aromatic N) is 2. The molecule has 2 rings (SSSR count). The van der Waals surface area contributed by atoms with Crippen LogP contribution in [0.25, 0.3) is 0 Å². The second kappa shape index (κ2) is 6.60. The Labute approximate surface area is 134 Å². The third-order valence-corrected chi connectivity index (χ3v) is 2.64. The predicted octanol–water partition coefficient (Wildman–Crippen LogP) is 4.01. The molecule has 23 heavy (non-hydrogen) atoms. The molecule has 0 aliphatic rings. The van der Waals surface area contributed by atoms with Crippen molar-refractivity contribution < 1.29 is 13.9 Å². The van der Waals surface area contributed by atoms with Gasteiger partial charge in [0.25, 0.3) is 0 Å². The molecule has 0 bridgehead atoms. The molecule has 0 unspecified atom stereocenters. The molecule has 0 aliphatic carbocycles. The Kier molecular flexibility index (Phi) is 4.78. The number of rotatable bonds is 3. The van der Waals surface area contributed by atoms with Gasteiger partial charge in [0.2, 0.25) is 0 Å². The van der Waals surface area contributed by atoms with E-state index in [1.807, 2.05) is 0 Å². The third-order valence-electron chi connectivity index (χ3n) is 2.64. The highest BCUT2D eigenvalue weighted by Gasteiger charge is 2.16. The van der Waals surface area contributed by atoms with Crippen molar-refractivity contribution in [2.75, 3.05) is 10.6 Å². The number of aryl methyl sites for hydroxylation is 1. The quantitative estimate of drug-likeness (QED) is 0.894. The number of ether oxygens (including phenoxy) is 1. The lowest BCUT2D eigenvalue weighted by Gasteiger charge is -2.19. The summed E-state index contributed by atoms with van der Waals surface area (Å²) < 4.78 is 18.9. The van der Waals surface area contributed by atoms with Gasteiger partial charge in [-0.25, -0.2) is 19.2 Å². The van der Waals surface area contributed by atoms with Gasteiger partial charge in [-0.2, -0.15) is 0 Å². The number of benzene rings is 1. The van der Waals surface area contributed by atoms with E-state index in [0.29, 0.717) is 17.2 Å². The Morgan fingerprint density at radius 2 is 1.96 bits per heavy atom. The molecule has 2 N–H and O–H groups in total. The van der Waals surface area contributed by atoms with Gasteiger partial charge in [0.15, 0.2) is 11.6 Å². The van der Waals surface area contributed by atoms with Gasteiger partial charge in [-0.05, 0) is 45.9 Å². The van der Waals surface area contributed by atoms with Gasteiger partial charge in [0, 0.05) is 11.4 Å². The molecular formula is C16H19FN4O2. The van der Waals surface area contributed by atoms with Crippen LogP contribution < -0.4 is 10.6 Å². The lowest BCUT2D eigenvalue weighted by molar-refractivity contribution is 0.0636. The van der Waals surface area contributed by atoms with Gasteiger partial charge in [0.1, 0.15) is 11.4 Å². The first-order valence-corrected chi connectivity index (χ1v) is 7.09. The van der Waals surface area contributed by atoms with Crippen LogP contribution in [0, 0.1) is 12.7 Å². The molecule has 1 aromatic carbocycles. The molecule has 0 aliphatic heterocycles. The molecule has 122 valence electrons. The summed E-state index contributed by atoms with van der Waals surface area (Å²) in [5.41, 5.74) is 0.521. The number of carbonyl (C=O) groups is 1. The standard InChI is InChI=1S/C16H19FN4O2/c1-10-18-9-13(17)14(19-10)20-11-6-5-7-12(8-11)21-15(22)23-16(2,3)4/h5-9H,1-4H3,(H,21,22)(H,18,19,20). The summed E-state index contributed by atoms with van der Waals surface area (Å²) >= 11 is 0. The van der Waals surface area contributed by atoms with E-state index in [4.69, 9.17) is 4.74 Å². The number of carbonyl (C=O) groups excluding carboxylic acids is 1. The highest BCUT2D eigenvalue weighted by Crippen LogP contribution is 2.21. The summed E-state index contributed by atoms with van der Waals surface area (Å²) in [5.74, 6) is -0.0232. The first-order valence-electron chi connectivity index (χ1n) is 7.09. The molecule has 0 spiro atoms. The Morgan fingerprint density at radius 1 is 1.26 bits per heavy atom. The van der Waals surface area contributed by atoms with Crippen molar-refractivity contribution in [3.05, 3.63) is 42.1 Å². The third kappa shape index (κ3) is 5.21. The van der Waals surface area contributed by atoms with E-state index in [1.165, 1.54) is 0 Å². The van der Waals surface area contributed by atoms with Crippen LogP contribution in [0.15, 0.2) is 30.5 Å². The Morgan fingerprint density at radius 3 is 2.65 bits per heavy atom. The molecule has 0 saturated carbocycles. The van der Waals surface area contributed by atoms with Crippen LogP contribution in [0.4, 0.5) is 26.4 Å². The van der Waals surface area contributed by atoms with E-state index in [0.717, 1.165) is 6.20 Å². The molecule has 1 heterocycles. The second-order valence-electron chi connectivity index (χ2n) is 5.95. The van der Waals surface area contributed by atoms with Crippen molar-refractivity contribution in [3.8, 4) is 0 Å². The molecule has 0 fully saturated rings. The van der Waals surface area contributed by atoms with Crippen molar-refractivity contribution in [1.29, 1.82) is 0 Å². The van der Waals surface area contributed by atoms with Gasteiger partial charge in [-0.1, -0.05) is 6.07 Å². The Bertz CT molecular complexity index is 713. The van der Waals surface area contributed by atoms with Crippen LogP contribution >= 0.6 is 0 Å². The smallest absolute Gasteiger partial charge is 0.412 e. The fourth-order valence-corrected chi connectivity index (χ4v) is 1.78. The SMILES string of the molecule is Cc1ncc(F)c(Nc2cccc(NC(=O)OC(C)(C)C)c2)n1. The summed E-state index contributed by atoms with van der Waals surface area (Å²) in [6, 6.07) is 6.82. The lowest BCUT2D eigenvalue weighted by atomic mass is 10.2. The minimum absolute atomic E-state index is 0.0759. The van der Waals surface area contributed by atoms with Gasteiger partial charge < -0.3 is 10.1 Å². The average Bonchev–Trinajstić information content (AvgIpc) is 2.41. The van der Waals surface area contributed by atoms with E-state index in [9.17, 15) is 9.18 Å². The van der Waals surface area contributed by atoms with Crippen LogP contribution in [0.2, 0.25) is 0 Å². The molecule has 1 amide bonds. The van der Waals surface area contributed by atoms with Crippen LogP contribution in [0.1, 0.15) is 26.6 Å². The number of aromatic nitrogens is 2. The minimum atomic E-state index is -0.582. The maximum atomic E-state index is 13.7. The normalized spacial score (nSPS) is 11.0. The van der Waals surface area contributed by atoms with Gasteiger partial charge in [-0.15, -0.1) is 0 Å². The van der Waals surface area contributed by atoms with Crippen LogP contribution in [0.5, 0.6) is 0 Å². The largest absolute Gasteiger partial charge is 0.444 e. The maximum absolute atomic E-state index is 13.7. The lowest BCUT2D eigenvalue weighted by Crippen LogP contribution is -2.27. The summed E-state index contributed by atoms with van der Waals surface area (Å²) in [7, 11) is 0. The summed E-state index contributed by atoms with van der Waals surface area (Å²) in [6.45, 7) is 7.02. The number of nitrogens with one attached hydrogen (secondary N) is 2. The Balaban J connectivity index is 2.11. The van der Waals surface area contributed by atoms with Crippen molar-refractivity contribution >= 4 is 23.3 Å². The van der Waals surface area contributed by atoms with Gasteiger partial charge >= 0.3 is 6.09 Å². The Hall–Kier alpha value is -2.70. The molecule has 7 heteroatoms. The van der Waals surface area contributed by atoms with Crippen LogP contribution in [-0.4, -0.2) is 21.7 Å². The molecule has 1 aromatic heterocycles.